The van der Waals surface area contributed by atoms with E-state index in [2.05, 4.69) is 5.32 Å². The number of hydrogen-bond acceptors (Lipinski definition) is 3. The Morgan fingerprint density at radius 3 is 2.52 bits per heavy atom. The van der Waals surface area contributed by atoms with Gasteiger partial charge in [-0.3, -0.25) is 14.5 Å². The number of imide groups is 1. The Kier molecular flexibility index (Phi) is 3.61. The summed E-state index contributed by atoms with van der Waals surface area (Å²) in [5.74, 6) is -1.98. The highest BCUT2D eigenvalue weighted by atomic mass is 19.1. The average molecular weight is 294 g/mol. The monoisotopic (exact) mass is 294 g/mol. The van der Waals surface area contributed by atoms with E-state index in [0.717, 1.165) is 37.8 Å². The van der Waals surface area contributed by atoms with E-state index in [9.17, 15) is 18.4 Å². The smallest absolute Gasteiger partial charge is 0.252 e. The van der Waals surface area contributed by atoms with Crippen LogP contribution in [0.25, 0.3) is 0 Å². The van der Waals surface area contributed by atoms with Crippen molar-refractivity contribution in [2.75, 3.05) is 5.32 Å². The van der Waals surface area contributed by atoms with Crippen LogP contribution in [0.1, 0.15) is 32.1 Å². The van der Waals surface area contributed by atoms with Gasteiger partial charge in [0.05, 0.1) is 12.1 Å². The lowest BCUT2D eigenvalue weighted by molar-refractivity contribution is -0.141. The number of amides is 2. The van der Waals surface area contributed by atoms with Crippen molar-refractivity contribution in [3.8, 4) is 0 Å². The zero-order chi connectivity index (χ0) is 15.0. The molecule has 1 saturated carbocycles. The van der Waals surface area contributed by atoms with Crippen molar-refractivity contribution in [2.45, 2.75) is 44.2 Å². The standard InChI is InChI=1S/C15H16F2N2O2/c16-9-5-6-12(11(17)7-9)18-13-8-14(20)19(15(13)21)10-3-1-2-4-10/h5-7,10,13,18H,1-4,8H2. The van der Waals surface area contributed by atoms with Gasteiger partial charge in [-0.25, -0.2) is 8.78 Å². The molecule has 0 spiro atoms. The molecule has 1 aliphatic carbocycles. The molecule has 1 aromatic rings. The quantitative estimate of drug-likeness (QED) is 0.871. The van der Waals surface area contributed by atoms with Crippen LogP contribution in [0.15, 0.2) is 18.2 Å². The van der Waals surface area contributed by atoms with Gasteiger partial charge in [-0.15, -0.1) is 0 Å². The van der Waals surface area contributed by atoms with Gasteiger partial charge in [0.25, 0.3) is 5.91 Å². The fourth-order valence-corrected chi connectivity index (χ4v) is 3.10. The minimum absolute atomic E-state index is 0.0186. The van der Waals surface area contributed by atoms with Gasteiger partial charge in [0.15, 0.2) is 0 Å². The number of hydrogen-bond donors (Lipinski definition) is 1. The molecule has 2 amide bonds. The van der Waals surface area contributed by atoms with Gasteiger partial charge in [-0.1, -0.05) is 12.8 Å². The highest BCUT2D eigenvalue weighted by Crippen LogP contribution is 2.29. The van der Waals surface area contributed by atoms with Gasteiger partial charge >= 0.3 is 0 Å². The molecule has 1 aliphatic heterocycles. The minimum Gasteiger partial charge on any atom is -0.371 e. The van der Waals surface area contributed by atoms with E-state index in [1.54, 1.807) is 0 Å². The normalized spacial score (nSPS) is 23.1. The number of carbonyl (C=O) groups excluding carboxylic acids is 2. The van der Waals surface area contributed by atoms with Crippen molar-refractivity contribution >= 4 is 17.5 Å². The van der Waals surface area contributed by atoms with Crippen LogP contribution in [0.4, 0.5) is 14.5 Å². The number of benzene rings is 1. The number of anilines is 1. The van der Waals surface area contributed by atoms with E-state index < -0.39 is 17.7 Å². The molecule has 3 rings (SSSR count). The van der Waals surface area contributed by atoms with Crippen LogP contribution in [0.5, 0.6) is 0 Å². The molecule has 0 radical (unpaired) electrons. The Morgan fingerprint density at radius 2 is 1.86 bits per heavy atom. The summed E-state index contributed by atoms with van der Waals surface area (Å²) in [6.45, 7) is 0. The summed E-state index contributed by atoms with van der Waals surface area (Å²) in [6, 6.07) is 2.31. The van der Waals surface area contributed by atoms with E-state index in [4.69, 9.17) is 0 Å². The fourth-order valence-electron chi connectivity index (χ4n) is 3.10. The van der Waals surface area contributed by atoms with Crippen molar-refractivity contribution < 1.29 is 18.4 Å². The first kappa shape index (κ1) is 14.0. The summed E-state index contributed by atoms with van der Waals surface area (Å²) in [6.07, 6.45) is 3.75. The SMILES string of the molecule is O=C1CC(Nc2ccc(F)cc2F)C(=O)N1C1CCCC1. The Labute approximate surface area is 121 Å². The molecule has 1 N–H and O–H groups in total. The Balaban J connectivity index is 1.75. The van der Waals surface area contributed by atoms with Crippen LogP contribution in [-0.2, 0) is 9.59 Å². The van der Waals surface area contributed by atoms with Gasteiger partial charge in [0.1, 0.15) is 17.7 Å². The van der Waals surface area contributed by atoms with E-state index in [-0.39, 0.29) is 30.0 Å². The summed E-state index contributed by atoms with van der Waals surface area (Å²) < 4.78 is 26.5. The molecule has 0 bridgehead atoms. The average Bonchev–Trinajstić information content (AvgIpc) is 3.02. The molecule has 112 valence electrons. The van der Waals surface area contributed by atoms with Crippen LogP contribution < -0.4 is 5.32 Å². The Morgan fingerprint density at radius 1 is 1.14 bits per heavy atom. The van der Waals surface area contributed by atoms with E-state index in [1.807, 2.05) is 0 Å². The molecule has 1 heterocycles. The van der Waals surface area contributed by atoms with Gasteiger partial charge in [0, 0.05) is 12.1 Å². The second-order valence-corrected chi connectivity index (χ2v) is 5.57. The summed E-state index contributed by atoms with van der Waals surface area (Å²) in [5, 5.41) is 2.72. The molecule has 0 aromatic heterocycles. The summed E-state index contributed by atoms with van der Waals surface area (Å²) in [4.78, 5) is 25.7. The summed E-state index contributed by atoms with van der Waals surface area (Å²) >= 11 is 0. The third-order valence-corrected chi connectivity index (χ3v) is 4.13. The van der Waals surface area contributed by atoms with E-state index in [0.29, 0.717) is 0 Å². The summed E-state index contributed by atoms with van der Waals surface area (Å²) in [7, 11) is 0. The topological polar surface area (TPSA) is 49.4 Å². The van der Waals surface area contributed by atoms with Gasteiger partial charge in [0.2, 0.25) is 5.91 Å². The zero-order valence-corrected chi connectivity index (χ0v) is 11.4. The number of halogens is 2. The Hall–Kier alpha value is -1.98. The first-order valence-electron chi connectivity index (χ1n) is 7.14. The number of nitrogens with zero attached hydrogens (tertiary/aromatic N) is 1. The lowest BCUT2D eigenvalue weighted by Crippen LogP contribution is -2.41. The third kappa shape index (κ3) is 2.62. The van der Waals surface area contributed by atoms with Crippen molar-refractivity contribution in [1.29, 1.82) is 0 Å². The number of nitrogens with one attached hydrogen (secondary N) is 1. The molecule has 1 atom stereocenters. The maximum Gasteiger partial charge on any atom is 0.252 e. The summed E-state index contributed by atoms with van der Waals surface area (Å²) in [5.41, 5.74) is 0.0378. The highest BCUT2D eigenvalue weighted by Gasteiger charge is 2.43. The van der Waals surface area contributed by atoms with Crippen molar-refractivity contribution in [2.24, 2.45) is 0 Å². The van der Waals surface area contributed by atoms with Crippen LogP contribution >= 0.6 is 0 Å². The third-order valence-electron chi connectivity index (χ3n) is 4.13. The second-order valence-electron chi connectivity index (χ2n) is 5.57. The van der Waals surface area contributed by atoms with Gasteiger partial charge in [-0.05, 0) is 25.0 Å². The Bertz CT molecular complexity index is 585. The largest absolute Gasteiger partial charge is 0.371 e. The molecular formula is C15H16F2N2O2. The second kappa shape index (κ2) is 5.42. The van der Waals surface area contributed by atoms with Crippen LogP contribution in [0.3, 0.4) is 0 Å². The molecular weight excluding hydrogens is 278 g/mol. The molecule has 2 aliphatic rings. The lowest BCUT2D eigenvalue weighted by atomic mass is 10.2. The molecule has 2 fully saturated rings. The van der Waals surface area contributed by atoms with Crippen molar-refractivity contribution in [3.63, 3.8) is 0 Å². The maximum absolute atomic E-state index is 13.6. The number of rotatable bonds is 3. The molecule has 21 heavy (non-hydrogen) atoms. The van der Waals surface area contributed by atoms with Gasteiger partial charge < -0.3 is 5.32 Å². The maximum atomic E-state index is 13.6. The van der Waals surface area contributed by atoms with Gasteiger partial charge in [-0.2, -0.15) is 0 Å². The van der Waals surface area contributed by atoms with E-state index >= 15 is 0 Å². The number of likely N-dealkylation sites (tertiary alicyclic amines) is 1. The van der Waals surface area contributed by atoms with Crippen molar-refractivity contribution in [3.05, 3.63) is 29.8 Å². The predicted molar refractivity (Wildman–Crippen MR) is 72.5 cm³/mol. The fraction of sp³-hybridized carbons (Fsp3) is 0.467. The number of carbonyl (C=O) groups is 2. The molecule has 6 heteroatoms. The first-order valence-corrected chi connectivity index (χ1v) is 7.14. The minimum atomic E-state index is -0.769. The van der Waals surface area contributed by atoms with Crippen LogP contribution in [0.2, 0.25) is 0 Å². The highest BCUT2D eigenvalue weighted by molar-refractivity contribution is 6.07. The lowest BCUT2D eigenvalue weighted by Gasteiger charge is -2.22. The van der Waals surface area contributed by atoms with E-state index in [1.165, 1.54) is 11.0 Å². The first-order chi connectivity index (χ1) is 10.1. The van der Waals surface area contributed by atoms with Crippen LogP contribution in [-0.4, -0.2) is 28.8 Å². The molecule has 1 saturated heterocycles. The predicted octanol–water partition coefficient (Wildman–Crippen LogP) is 2.45. The van der Waals surface area contributed by atoms with Crippen LogP contribution in [0, 0.1) is 11.6 Å². The van der Waals surface area contributed by atoms with Crippen molar-refractivity contribution in [1.82, 2.24) is 4.90 Å². The molecule has 1 unspecified atom stereocenters. The molecule has 1 aromatic carbocycles. The zero-order valence-electron chi connectivity index (χ0n) is 11.4. The molecule has 4 nitrogen and oxygen atoms in total.